The molecule has 1 unspecified atom stereocenters. The fourth-order valence-electron chi connectivity index (χ4n) is 3.43. The molecule has 1 atom stereocenters. The van der Waals surface area contributed by atoms with Crippen molar-refractivity contribution in [3.05, 3.63) is 82.4 Å². The zero-order valence-corrected chi connectivity index (χ0v) is 19.1. The predicted octanol–water partition coefficient (Wildman–Crippen LogP) is 4.00. The largest absolute Gasteiger partial charge is 0.507 e. The normalized spacial score (nSPS) is 17.9. The van der Waals surface area contributed by atoms with Gasteiger partial charge < -0.3 is 19.6 Å². The zero-order chi connectivity index (χ0) is 22.5. The molecule has 3 rings (SSSR count). The first-order valence-corrected chi connectivity index (χ1v) is 10.7. The van der Waals surface area contributed by atoms with Gasteiger partial charge in [-0.3, -0.25) is 9.59 Å². The third-order valence-electron chi connectivity index (χ3n) is 5.01. The van der Waals surface area contributed by atoms with Crippen LogP contribution in [0.2, 0.25) is 0 Å². The van der Waals surface area contributed by atoms with Crippen molar-refractivity contribution in [2.24, 2.45) is 0 Å². The summed E-state index contributed by atoms with van der Waals surface area (Å²) in [6.07, 6.45) is 1.66. The number of likely N-dealkylation sites (N-methyl/N-ethyl adjacent to an activating group) is 1. The number of nitrogens with zero attached hydrogens (tertiary/aromatic N) is 2. The maximum absolute atomic E-state index is 13.0. The smallest absolute Gasteiger partial charge is 0.295 e. The van der Waals surface area contributed by atoms with E-state index in [-0.39, 0.29) is 11.3 Å². The average Bonchev–Trinajstić information content (AvgIpc) is 3.01. The number of benzene rings is 2. The van der Waals surface area contributed by atoms with Crippen molar-refractivity contribution in [3.8, 4) is 5.75 Å². The van der Waals surface area contributed by atoms with Crippen molar-refractivity contribution in [3.63, 3.8) is 0 Å². The molecule has 1 aliphatic heterocycles. The Morgan fingerprint density at radius 2 is 1.81 bits per heavy atom. The Morgan fingerprint density at radius 1 is 1.16 bits per heavy atom. The number of carbonyl (C=O) groups is 2. The number of halogens is 1. The Balaban J connectivity index is 2.07. The van der Waals surface area contributed by atoms with Gasteiger partial charge in [0.05, 0.1) is 11.6 Å². The van der Waals surface area contributed by atoms with Crippen LogP contribution in [0.5, 0.6) is 5.75 Å². The second-order valence-electron chi connectivity index (χ2n) is 7.47. The second-order valence-corrected chi connectivity index (χ2v) is 8.39. The first kappa shape index (κ1) is 22.8. The minimum Gasteiger partial charge on any atom is -0.507 e. The standard InChI is InChI=1S/C24H25BrN2O4/c1-4-15-31-19-11-7-16(8-12-19)21-20(22(28)17-5-9-18(25)10-6-17)23(29)24(30)27(21)14-13-26(2)3/h4-12,21,28H,1,13-15H2,2-3H3/b22-20+. The number of ketones is 1. The fraction of sp³-hybridized carbons (Fsp3) is 0.250. The number of carbonyl (C=O) groups excluding carboxylic acids is 2. The van der Waals surface area contributed by atoms with Crippen LogP contribution in [0.15, 0.2) is 71.2 Å². The van der Waals surface area contributed by atoms with Crippen LogP contribution < -0.4 is 4.74 Å². The van der Waals surface area contributed by atoms with Crippen LogP contribution in [0.25, 0.3) is 5.76 Å². The fourth-order valence-corrected chi connectivity index (χ4v) is 3.69. The highest BCUT2D eigenvalue weighted by Crippen LogP contribution is 2.39. The maximum Gasteiger partial charge on any atom is 0.295 e. The highest BCUT2D eigenvalue weighted by atomic mass is 79.9. The van der Waals surface area contributed by atoms with Crippen molar-refractivity contribution in [1.82, 2.24) is 9.80 Å². The van der Waals surface area contributed by atoms with Crippen LogP contribution in [-0.4, -0.2) is 60.4 Å². The summed E-state index contributed by atoms with van der Waals surface area (Å²) in [7, 11) is 3.80. The van der Waals surface area contributed by atoms with Crippen molar-refractivity contribution in [2.45, 2.75) is 6.04 Å². The lowest BCUT2D eigenvalue weighted by Gasteiger charge is -2.26. The van der Waals surface area contributed by atoms with Crippen LogP contribution in [0.3, 0.4) is 0 Å². The van der Waals surface area contributed by atoms with E-state index in [1.807, 2.05) is 31.1 Å². The molecule has 0 radical (unpaired) electrons. The van der Waals surface area contributed by atoms with E-state index >= 15 is 0 Å². The van der Waals surface area contributed by atoms with Gasteiger partial charge in [0.25, 0.3) is 11.7 Å². The molecule has 6 nitrogen and oxygen atoms in total. The first-order chi connectivity index (χ1) is 14.8. The molecular weight excluding hydrogens is 460 g/mol. The summed E-state index contributed by atoms with van der Waals surface area (Å²) in [5, 5.41) is 11.0. The summed E-state index contributed by atoms with van der Waals surface area (Å²) in [5.74, 6) is -0.828. The summed E-state index contributed by atoms with van der Waals surface area (Å²) in [6, 6.07) is 13.5. The molecule has 1 N–H and O–H groups in total. The van der Waals surface area contributed by atoms with E-state index in [0.29, 0.717) is 31.0 Å². The summed E-state index contributed by atoms with van der Waals surface area (Å²) >= 11 is 3.37. The van der Waals surface area contributed by atoms with Gasteiger partial charge in [-0.1, -0.05) is 52.9 Å². The highest BCUT2D eigenvalue weighted by molar-refractivity contribution is 9.10. The van der Waals surface area contributed by atoms with Gasteiger partial charge in [0, 0.05) is 23.1 Å². The number of Topliss-reactive ketones (excluding diaryl/α,β-unsaturated/α-hetero) is 1. The Bertz CT molecular complexity index is 997. The van der Waals surface area contributed by atoms with E-state index in [4.69, 9.17) is 4.74 Å². The van der Waals surface area contributed by atoms with Crippen molar-refractivity contribution < 1.29 is 19.4 Å². The molecule has 0 aromatic heterocycles. The maximum atomic E-state index is 13.0. The lowest BCUT2D eigenvalue weighted by atomic mass is 9.95. The van der Waals surface area contributed by atoms with Crippen molar-refractivity contribution in [2.75, 3.05) is 33.8 Å². The topological polar surface area (TPSA) is 70.1 Å². The molecule has 162 valence electrons. The number of aliphatic hydroxyl groups is 1. The molecule has 2 aromatic rings. The number of amides is 1. The van der Waals surface area contributed by atoms with Gasteiger partial charge in [-0.15, -0.1) is 0 Å². The highest BCUT2D eigenvalue weighted by Gasteiger charge is 2.45. The zero-order valence-electron chi connectivity index (χ0n) is 17.5. The molecule has 31 heavy (non-hydrogen) atoms. The third kappa shape index (κ3) is 5.06. The lowest BCUT2D eigenvalue weighted by Crippen LogP contribution is -2.35. The first-order valence-electron chi connectivity index (χ1n) is 9.86. The minimum atomic E-state index is -0.684. The third-order valence-corrected chi connectivity index (χ3v) is 5.54. The van der Waals surface area contributed by atoms with E-state index in [9.17, 15) is 14.7 Å². The number of likely N-dealkylation sites (tertiary alicyclic amines) is 1. The van der Waals surface area contributed by atoms with E-state index in [1.165, 1.54) is 4.90 Å². The van der Waals surface area contributed by atoms with Crippen LogP contribution in [0.1, 0.15) is 17.2 Å². The van der Waals surface area contributed by atoms with Crippen molar-refractivity contribution >= 4 is 33.4 Å². The Labute approximate surface area is 190 Å². The number of aliphatic hydroxyl groups excluding tert-OH is 1. The van der Waals surface area contributed by atoms with Gasteiger partial charge in [0.2, 0.25) is 0 Å². The average molecular weight is 485 g/mol. The Hall–Kier alpha value is -2.90. The van der Waals surface area contributed by atoms with Crippen LogP contribution in [0, 0.1) is 0 Å². The molecule has 0 aliphatic carbocycles. The summed E-state index contributed by atoms with van der Waals surface area (Å²) < 4.78 is 6.39. The lowest BCUT2D eigenvalue weighted by molar-refractivity contribution is -0.140. The van der Waals surface area contributed by atoms with E-state index < -0.39 is 17.7 Å². The predicted molar refractivity (Wildman–Crippen MR) is 124 cm³/mol. The van der Waals surface area contributed by atoms with Crippen LogP contribution >= 0.6 is 15.9 Å². The van der Waals surface area contributed by atoms with E-state index in [2.05, 4.69) is 22.5 Å². The molecular formula is C24H25BrN2O4. The number of rotatable bonds is 8. The quantitative estimate of drug-likeness (QED) is 0.265. The van der Waals surface area contributed by atoms with E-state index in [0.717, 1.165) is 10.0 Å². The molecule has 0 saturated carbocycles. The van der Waals surface area contributed by atoms with Gasteiger partial charge >= 0.3 is 0 Å². The Kier molecular flexibility index (Phi) is 7.30. The molecule has 0 bridgehead atoms. The van der Waals surface area contributed by atoms with Gasteiger partial charge in [0.15, 0.2) is 0 Å². The molecule has 2 aromatic carbocycles. The van der Waals surface area contributed by atoms with Gasteiger partial charge in [-0.2, -0.15) is 0 Å². The van der Waals surface area contributed by atoms with Crippen molar-refractivity contribution in [1.29, 1.82) is 0 Å². The monoisotopic (exact) mass is 484 g/mol. The molecule has 0 spiro atoms. The molecule has 1 fully saturated rings. The van der Waals surface area contributed by atoms with Crippen LogP contribution in [0.4, 0.5) is 0 Å². The molecule has 1 heterocycles. The summed E-state index contributed by atoms with van der Waals surface area (Å²) in [4.78, 5) is 29.3. The van der Waals surface area contributed by atoms with Gasteiger partial charge in [-0.25, -0.2) is 0 Å². The number of hydrogen-bond acceptors (Lipinski definition) is 5. The van der Waals surface area contributed by atoms with Gasteiger partial charge in [-0.05, 0) is 43.9 Å². The number of hydrogen-bond donors (Lipinski definition) is 1. The Morgan fingerprint density at radius 3 is 2.39 bits per heavy atom. The van der Waals surface area contributed by atoms with Gasteiger partial charge in [0.1, 0.15) is 18.1 Å². The molecule has 1 amide bonds. The van der Waals surface area contributed by atoms with Crippen LogP contribution in [-0.2, 0) is 9.59 Å². The summed E-state index contributed by atoms with van der Waals surface area (Å²) in [6.45, 7) is 4.95. The minimum absolute atomic E-state index is 0.0887. The molecule has 7 heteroatoms. The van der Waals surface area contributed by atoms with E-state index in [1.54, 1.807) is 42.5 Å². The SMILES string of the molecule is C=CCOc1ccc(C2/C(=C(\O)c3ccc(Br)cc3)C(=O)C(=O)N2CCN(C)C)cc1. The number of ether oxygens (including phenoxy) is 1. The summed E-state index contributed by atoms with van der Waals surface area (Å²) in [5.41, 5.74) is 1.29. The molecule has 1 aliphatic rings. The second kappa shape index (κ2) is 9.94. The molecule has 1 saturated heterocycles.